The average molecular weight is 552 g/mol. The van der Waals surface area contributed by atoms with Crippen LogP contribution in [0.25, 0.3) is 0 Å². The highest BCUT2D eigenvalue weighted by atomic mass is 19.1. The Morgan fingerprint density at radius 1 is 1.03 bits per heavy atom. The van der Waals surface area contributed by atoms with Gasteiger partial charge in [-0.1, -0.05) is 12.8 Å². The number of carbonyl (C=O) groups is 1. The zero-order valence-electron chi connectivity index (χ0n) is 24.1. The van der Waals surface area contributed by atoms with E-state index < -0.39 is 18.3 Å². The Hall–Kier alpha value is -0.880. The molecule has 224 valence electrons. The van der Waals surface area contributed by atoms with E-state index >= 15 is 0 Å². The molecular weight excluding hydrogens is 497 g/mol. The van der Waals surface area contributed by atoms with Gasteiger partial charge in [0.2, 0.25) is 5.91 Å². The average Bonchev–Trinajstić information content (AvgIpc) is 3.55. The summed E-state index contributed by atoms with van der Waals surface area (Å²) >= 11 is 0. The lowest BCUT2D eigenvalue weighted by Gasteiger charge is -2.45. The van der Waals surface area contributed by atoms with Gasteiger partial charge in [-0.3, -0.25) is 9.69 Å². The highest BCUT2D eigenvalue weighted by molar-refractivity contribution is 5.80. The van der Waals surface area contributed by atoms with Crippen molar-refractivity contribution in [2.24, 2.45) is 22.8 Å². The fourth-order valence-electron chi connectivity index (χ4n) is 8.27. The monoisotopic (exact) mass is 551 g/mol. The van der Waals surface area contributed by atoms with Gasteiger partial charge in [0.15, 0.2) is 0 Å². The number of nitrogens with zero attached hydrogens (tertiary/aromatic N) is 2. The number of hydrogen-bond acceptors (Lipinski definition) is 8. The van der Waals surface area contributed by atoms with Gasteiger partial charge in [0.1, 0.15) is 6.17 Å². The molecule has 39 heavy (non-hydrogen) atoms. The minimum Gasteiger partial charge on any atom is -0.374 e. The lowest BCUT2D eigenvalue weighted by molar-refractivity contribution is -0.128. The first-order chi connectivity index (χ1) is 18.8. The van der Waals surface area contributed by atoms with E-state index in [-0.39, 0.29) is 36.0 Å². The molecule has 0 bridgehead atoms. The van der Waals surface area contributed by atoms with Gasteiger partial charge in [0.25, 0.3) is 0 Å². The molecule has 0 aromatic carbocycles. The Labute approximate surface area is 234 Å². The zero-order chi connectivity index (χ0) is 27.4. The first-order valence-corrected chi connectivity index (χ1v) is 15.8. The van der Waals surface area contributed by atoms with Crippen LogP contribution in [0.2, 0.25) is 0 Å². The number of amides is 1. The van der Waals surface area contributed by atoms with Crippen LogP contribution >= 0.6 is 0 Å². The molecular formula is C29H54FN7O2. The quantitative estimate of drug-likeness (QED) is 0.296. The molecule has 10 heteroatoms. The Morgan fingerprint density at radius 2 is 1.77 bits per heavy atom. The number of nitrogens with one attached hydrogen (secondary N) is 3. The molecule has 4 heterocycles. The van der Waals surface area contributed by atoms with Crippen LogP contribution in [0, 0.1) is 11.3 Å². The minimum absolute atomic E-state index is 0.00336. The number of carbonyl (C=O) groups excluding carboxylic acids is 1. The fourth-order valence-corrected chi connectivity index (χ4v) is 8.27. The first kappa shape index (κ1) is 29.6. The summed E-state index contributed by atoms with van der Waals surface area (Å²) in [4.78, 5) is 18.8. The van der Waals surface area contributed by atoms with Crippen LogP contribution in [0.3, 0.4) is 0 Å². The number of ether oxygens (including phenoxy) is 1. The molecule has 9 nitrogen and oxygen atoms in total. The van der Waals surface area contributed by atoms with Gasteiger partial charge < -0.3 is 37.1 Å². The minimum atomic E-state index is -0.892. The number of piperidine rings is 2. The lowest BCUT2D eigenvalue weighted by atomic mass is 9.72. The second-order valence-corrected chi connectivity index (χ2v) is 13.4. The summed E-state index contributed by atoms with van der Waals surface area (Å²) < 4.78 is 21.1. The SMILES string of the molecule is CN1CC[C@@H](OC2CCN(C3CCNCC3NC(=O)C(C(N)N)C3CC4(CCCC4)CCC(F)CN3)CC2)C1. The second kappa shape index (κ2) is 13.4. The predicted octanol–water partition coefficient (Wildman–Crippen LogP) is 0.919. The van der Waals surface area contributed by atoms with Crippen molar-refractivity contribution >= 4 is 5.91 Å². The summed E-state index contributed by atoms with van der Waals surface area (Å²) in [5, 5.41) is 10.3. The van der Waals surface area contributed by atoms with E-state index in [0.717, 1.165) is 90.6 Å². The Kier molecular flexibility index (Phi) is 10.2. The largest absolute Gasteiger partial charge is 0.374 e. The van der Waals surface area contributed by atoms with Gasteiger partial charge >= 0.3 is 0 Å². The molecule has 1 saturated carbocycles. The van der Waals surface area contributed by atoms with Crippen LogP contribution in [0.5, 0.6) is 0 Å². The van der Waals surface area contributed by atoms with Gasteiger partial charge in [0, 0.05) is 51.4 Å². The summed E-state index contributed by atoms with van der Waals surface area (Å²) in [5.41, 5.74) is 12.7. The molecule has 5 rings (SSSR count). The van der Waals surface area contributed by atoms with Gasteiger partial charge in [0.05, 0.1) is 30.3 Å². The highest BCUT2D eigenvalue weighted by Crippen LogP contribution is 2.47. The third-order valence-electron chi connectivity index (χ3n) is 10.5. The smallest absolute Gasteiger partial charge is 0.227 e. The first-order valence-electron chi connectivity index (χ1n) is 15.8. The molecule has 1 aliphatic carbocycles. The molecule has 5 unspecified atom stereocenters. The molecule has 6 atom stereocenters. The molecule has 1 amide bonds. The molecule has 0 aromatic heterocycles. The van der Waals surface area contributed by atoms with Gasteiger partial charge in [-0.2, -0.15) is 0 Å². The van der Waals surface area contributed by atoms with Crippen molar-refractivity contribution in [3.05, 3.63) is 0 Å². The van der Waals surface area contributed by atoms with Crippen molar-refractivity contribution in [3.8, 4) is 0 Å². The summed E-state index contributed by atoms with van der Waals surface area (Å²) in [7, 11) is 2.16. The number of rotatable bonds is 7. The Bertz CT molecular complexity index is 790. The third kappa shape index (κ3) is 7.50. The highest BCUT2D eigenvalue weighted by Gasteiger charge is 2.44. The molecule has 0 aromatic rings. The second-order valence-electron chi connectivity index (χ2n) is 13.4. The van der Waals surface area contributed by atoms with Crippen molar-refractivity contribution in [1.82, 2.24) is 25.8 Å². The zero-order valence-corrected chi connectivity index (χ0v) is 24.1. The molecule has 7 N–H and O–H groups in total. The van der Waals surface area contributed by atoms with E-state index in [1.807, 2.05) is 0 Å². The van der Waals surface area contributed by atoms with Crippen molar-refractivity contribution in [3.63, 3.8) is 0 Å². The van der Waals surface area contributed by atoms with Crippen molar-refractivity contribution in [2.75, 3.05) is 52.9 Å². The molecule has 1 spiro atoms. The van der Waals surface area contributed by atoms with Crippen LogP contribution in [0.1, 0.15) is 70.6 Å². The van der Waals surface area contributed by atoms with E-state index in [2.05, 4.69) is 32.8 Å². The number of halogens is 1. The predicted molar refractivity (Wildman–Crippen MR) is 152 cm³/mol. The van der Waals surface area contributed by atoms with E-state index in [4.69, 9.17) is 16.2 Å². The maximum absolute atomic E-state index is 14.6. The Balaban J connectivity index is 1.20. The normalized spacial score (nSPS) is 36.2. The van der Waals surface area contributed by atoms with E-state index in [1.54, 1.807) is 0 Å². The van der Waals surface area contributed by atoms with Gasteiger partial charge in [-0.05, 0) is 76.8 Å². The maximum Gasteiger partial charge on any atom is 0.227 e. The summed E-state index contributed by atoms with van der Waals surface area (Å²) in [6.45, 7) is 6.10. The molecule has 0 radical (unpaired) electrons. The number of nitrogens with two attached hydrogens (primary N) is 2. The molecule has 5 fully saturated rings. The van der Waals surface area contributed by atoms with E-state index in [0.29, 0.717) is 18.6 Å². The molecule has 5 aliphatic rings. The summed E-state index contributed by atoms with van der Waals surface area (Å²) in [6, 6.07) is 0.0700. The van der Waals surface area contributed by atoms with Crippen molar-refractivity contribution in [1.29, 1.82) is 0 Å². The van der Waals surface area contributed by atoms with Crippen LogP contribution in [0.4, 0.5) is 4.39 Å². The molecule has 4 aliphatic heterocycles. The van der Waals surface area contributed by atoms with Crippen molar-refractivity contribution in [2.45, 2.75) is 113 Å². The Morgan fingerprint density at radius 3 is 2.46 bits per heavy atom. The van der Waals surface area contributed by atoms with Gasteiger partial charge in [-0.25, -0.2) is 4.39 Å². The topological polar surface area (TPSA) is 121 Å². The van der Waals surface area contributed by atoms with Crippen LogP contribution < -0.4 is 27.4 Å². The van der Waals surface area contributed by atoms with Crippen LogP contribution in [-0.2, 0) is 9.53 Å². The van der Waals surface area contributed by atoms with Crippen molar-refractivity contribution < 1.29 is 13.9 Å². The molecule has 4 saturated heterocycles. The number of hydrogen-bond donors (Lipinski definition) is 5. The maximum atomic E-state index is 14.6. The van der Waals surface area contributed by atoms with E-state index in [9.17, 15) is 9.18 Å². The van der Waals surface area contributed by atoms with E-state index in [1.165, 1.54) is 12.8 Å². The third-order valence-corrected chi connectivity index (χ3v) is 10.5. The number of likely N-dealkylation sites (N-methyl/N-ethyl adjacent to an activating group) is 1. The number of alkyl halides is 1. The summed E-state index contributed by atoms with van der Waals surface area (Å²) in [5.74, 6) is -0.673. The lowest BCUT2D eigenvalue weighted by Crippen LogP contribution is -2.65. The van der Waals surface area contributed by atoms with Crippen LogP contribution in [-0.4, -0.2) is 111 Å². The summed E-state index contributed by atoms with van der Waals surface area (Å²) in [6.07, 6.45) is 10.2. The fraction of sp³-hybridized carbons (Fsp3) is 0.966. The van der Waals surface area contributed by atoms with Gasteiger partial charge in [-0.15, -0.1) is 0 Å². The van der Waals surface area contributed by atoms with Crippen LogP contribution in [0.15, 0.2) is 0 Å². The number of likely N-dealkylation sites (tertiary alicyclic amines) is 2. The standard InChI is InChI=1S/C29H54FN7O2/c1-36-13-6-22(19-36)39-21-7-14-37(15-8-21)25-5-12-33-18-24(25)35-28(38)26(27(31)32)23-16-29(9-2-3-10-29)11-4-20(30)17-34-23/h20-27,33-34H,2-19,31-32H2,1H3,(H,35,38)/t20?,22-,23?,24?,25?,26?/m1/s1.